The van der Waals surface area contributed by atoms with Crippen LogP contribution < -0.4 is 5.73 Å². The predicted molar refractivity (Wildman–Crippen MR) is 97.6 cm³/mol. The molecule has 0 spiro atoms. The smallest absolute Gasteiger partial charge is 0.341 e. The summed E-state index contributed by atoms with van der Waals surface area (Å²) in [4.78, 5) is 25.9. The number of Topliss-reactive ketones (excluding diaryl/α,β-unsaturated/α-hetero) is 1. The molecule has 1 aliphatic carbocycles. The highest BCUT2D eigenvalue weighted by Gasteiger charge is 2.35. The Morgan fingerprint density at radius 3 is 2.69 bits per heavy atom. The van der Waals surface area contributed by atoms with E-state index < -0.39 is 5.97 Å². The molecule has 0 amide bonds. The summed E-state index contributed by atoms with van der Waals surface area (Å²) < 4.78 is 10.8. The molecule has 0 radical (unpaired) electrons. The summed E-state index contributed by atoms with van der Waals surface area (Å²) in [5.41, 5.74) is 6.77. The molecule has 0 aromatic rings. The van der Waals surface area contributed by atoms with Gasteiger partial charge in [-0.15, -0.1) is 0 Å². The van der Waals surface area contributed by atoms with Gasteiger partial charge < -0.3 is 25.2 Å². The summed E-state index contributed by atoms with van der Waals surface area (Å²) >= 11 is 0. The van der Waals surface area contributed by atoms with Gasteiger partial charge in [-0.25, -0.2) is 4.79 Å². The number of aliphatic carboxylic acids is 1. The van der Waals surface area contributed by atoms with Gasteiger partial charge >= 0.3 is 5.97 Å². The molecule has 2 aliphatic rings. The Morgan fingerprint density at radius 1 is 1.31 bits per heavy atom. The molecule has 7 nitrogen and oxygen atoms in total. The number of carbonyl (C=O) groups excluding carboxylic acids is 1. The van der Waals surface area contributed by atoms with E-state index in [1.54, 1.807) is 0 Å². The Kier molecular flexibility index (Phi) is 8.03. The Morgan fingerprint density at radius 2 is 2.04 bits per heavy atom. The average molecular weight is 364 g/mol. The van der Waals surface area contributed by atoms with E-state index in [1.807, 2.05) is 17.9 Å². The van der Waals surface area contributed by atoms with Crippen LogP contribution in [0.1, 0.15) is 26.2 Å². The van der Waals surface area contributed by atoms with Gasteiger partial charge in [0.05, 0.1) is 32.5 Å². The molecule has 0 bridgehead atoms. The van der Waals surface area contributed by atoms with Gasteiger partial charge in [-0.1, -0.05) is 12.2 Å². The number of allylic oxidation sites excluding steroid dienone is 2. The first-order valence-electron chi connectivity index (χ1n) is 9.10. The van der Waals surface area contributed by atoms with Crippen LogP contribution in [0.3, 0.4) is 0 Å². The third-order valence-electron chi connectivity index (χ3n) is 4.51. The van der Waals surface area contributed by atoms with Crippen molar-refractivity contribution in [2.45, 2.75) is 32.2 Å². The fourth-order valence-electron chi connectivity index (χ4n) is 3.20. The van der Waals surface area contributed by atoms with Crippen LogP contribution >= 0.6 is 0 Å². The number of nitrogens with two attached hydrogens (primary N) is 1. The number of nitrogens with zero attached hydrogens (tertiary/aromatic N) is 1. The molecule has 0 saturated carbocycles. The van der Waals surface area contributed by atoms with Crippen LogP contribution in [0.2, 0.25) is 0 Å². The predicted octanol–water partition coefficient (Wildman–Crippen LogP) is 1.26. The topological polar surface area (TPSA) is 102 Å². The van der Waals surface area contributed by atoms with Gasteiger partial charge in [0.25, 0.3) is 0 Å². The van der Waals surface area contributed by atoms with Gasteiger partial charge in [0, 0.05) is 24.9 Å². The van der Waals surface area contributed by atoms with Gasteiger partial charge in [0.15, 0.2) is 5.78 Å². The molecule has 1 heterocycles. The standard InChI is InChI=1S/C19H28N2O5/c1-2-21-13-16(19(23)24)18(22)15-12-14(4-3-5-17(15)21)6-8-25-10-11-26-9-7-20/h4,12-13,17H,2-3,5-11,20H2,1H3,(H,23,24). The van der Waals surface area contributed by atoms with Crippen LogP contribution in [0, 0.1) is 0 Å². The Balaban J connectivity index is 1.99. The van der Waals surface area contributed by atoms with Crippen molar-refractivity contribution in [1.29, 1.82) is 0 Å². The fraction of sp³-hybridized carbons (Fsp3) is 0.579. The first-order chi connectivity index (χ1) is 12.6. The molecule has 2 rings (SSSR count). The Bertz CT molecular complexity index is 609. The van der Waals surface area contributed by atoms with E-state index in [-0.39, 0.29) is 17.4 Å². The van der Waals surface area contributed by atoms with E-state index in [0.717, 1.165) is 18.4 Å². The van der Waals surface area contributed by atoms with E-state index in [2.05, 4.69) is 6.08 Å². The van der Waals surface area contributed by atoms with Crippen molar-refractivity contribution in [3.63, 3.8) is 0 Å². The molecule has 1 atom stereocenters. The lowest BCUT2D eigenvalue weighted by Crippen LogP contribution is -2.41. The molecule has 0 fully saturated rings. The highest BCUT2D eigenvalue weighted by atomic mass is 16.5. The number of ether oxygens (including phenoxy) is 2. The SMILES string of the molecule is CCN1C=C(C(=O)O)C(=O)C2=CC(CCOCCOCCN)=CCCC21. The van der Waals surface area contributed by atoms with Crippen molar-refractivity contribution in [2.24, 2.45) is 5.73 Å². The van der Waals surface area contributed by atoms with E-state index >= 15 is 0 Å². The zero-order valence-electron chi connectivity index (χ0n) is 15.3. The summed E-state index contributed by atoms with van der Waals surface area (Å²) in [6, 6.07) is -0.0602. The number of rotatable bonds is 10. The van der Waals surface area contributed by atoms with Gasteiger partial charge in [0.1, 0.15) is 5.57 Å². The van der Waals surface area contributed by atoms with E-state index in [0.29, 0.717) is 51.5 Å². The molecule has 1 unspecified atom stereocenters. The lowest BCUT2D eigenvalue weighted by Gasteiger charge is -2.34. The molecule has 0 saturated heterocycles. The van der Waals surface area contributed by atoms with Crippen molar-refractivity contribution >= 4 is 11.8 Å². The Hall–Kier alpha value is -1.96. The summed E-state index contributed by atoms with van der Waals surface area (Å²) in [7, 11) is 0. The minimum Gasteiger partial charge on any atom is -0.477 e. The average Bonchev–Trinajstić information content (AvgIpc) is 2.84. The maximum atomic E-state index is 12.6. The van der Waals surface area contributed by atoms with Gasteiger partial charge in [0.2, 0.25) is 0 Å². The normalized spacial score (nSPS) is 20.1. The van der Waals surface area contributed by atoms with Gasteiger partial charge in [-0.2, -0.15) is 0 Å². The minimum absolute atomic E-state index is 0.0602. The molecule has 144 valence electrons. The Labute approximate surface area is 154 Å². The third-order valence-corrected chi connectivity index (χ3v) is 4.51. The number of fused-ring (bicyclic) bond motifs is 1. The van der Waals surface area contributed by atoms with Crippen LogP contribution in [-0.2, 0) is 19.1 Å². The zero-order valence-corrected chi connectivity index (χ0v) is 15.3. The van der Waals surface area contributed by atoms with Crippen LogP contribution in [-0.4, -0.2) is 67.3 Å². The molecular weight excluding hydrogens is 336 g/mol. The molecular formula is C19H28N2O5. The molecule has 7 heteroatoms. The van der Waals surface area contributed by atoms with Crippen LogP contribution in [0.25, 0.3) is 0 Å². The number of carboxylic acid groups (broad SMARTS) is 1. The van der Waals surface area contributed by atoms with Crippen molar-refractivity contribution in [2.75, 3.05) is 39.5 Å². The van der Waals surface area contributed by atoms with E-state index in [1.165, 1.54) is 6.20 Å². The summed E-state index contributed by atoms with van der Waals surface area (Å²) in [5, 5.41) is 9.31. The van der Waals surface area contributed by atoms with E-state index in [9.17, 15) is 14.7 Å². The van der Waals surface area contributed by atoms with Crippen LogP contribution in [0.4, 0.5) is 0 Å². The number of carboxylic acids is 1. The monoisotopic (exact) mass is 364 g/mol. The van der Waals surface area contributed by atoms with Crippen molar-refractivity contribution in [3.05, 3.63) is 35.1 Å². The second kappa shape index (κ2) is 10.3. The molecule has 0 aromatic heterocycles. The number of ketones is 1. The second-order valence-electron chi connectivity index (χ2n) is 6.24. The van der Waals surface area contributed by atoms with Crippen LogP contribution in [0.15, 0.2) is 35.1 Å². The van der Waals surface area contributed by atoms with Gasteiger partial charge in [-0.3, -0.25) is 4.79 Å². The van der Waals surface area contributed by atoms with Crippen molar-refractivity contribution < 1.29 is 24.2 Å². The third kappa shape index (κ3) is 5.27. The summed E-state index contributed by atoms with van der Waals surface area (Å²) in [6.45, 7) is 5.18. The highest BCUT2D eigenvalue weighted by molar-refractivity contribution is 6.24. The van der Waals surface area contributed by atoms with Crippen molar-refractivity contribution in [3.8, 4) is 0 Å². The quantitative estimate of drug-likeness (QED) is 0.444. The number of hydrogen-bond donors (Lipinski definition) is 2. The molecule has 3 N–H and O–H groups in total. The number of carbonyl (C=O) groups is 2. The number of likely N-dealkylation sites (N-methyl/N-ethyl adjacent to an activating group) is 1. The second-order valence-corrected chi connectivity index (χ2v) is 6.24. The highest BCUT2D eigenvalue weighted by Crippen LogP contribution is 2.30. The lowest BCUT2D eigenvalue weighted by atomic mass is 9.90. The van der Waals surface area contributed by atoms with Gasteiger partial charge in [-0.05, 0) is 31.8 Å². The van der Waals surface area contributed by atoms with Crippen molar-refractivity contribution in [1.82, 2.24) is 4.90 Å². The molecule has 0 aromatic carbocycles. The molecule has 26 heavy (non-hydrogen) atoms. The maximum absolute atomic E-state index is 12.6. The van der Waals surface area contributed by atoms with Crippen LogP contribution in [0.5, 0.6) is 0 Å². The minimum atomic E-state index is -1.18. The zero-order chi connectivity index (χ0) is 18.9. The van der Waals surface area contributed by atoms with E-state index in [4.69, 9.17) is 15.2 Å². The largest absolute Gasteiger partial charge is 0.477 e. The molecule has 1 aliphatic heterocycles. The summed E-state index contributed by atoms with van der Waals surface area (Å²) in [6.07, 6.45) is 7.78. The fourth-order valence-corrected chi connectivity index (χ4v) is 3.20. The summed E-state index contributed by atoms with van der Waals surface area (Å²) in [5.74, 6) is -1.56. The number of hydrogen-bond acceptors (Lipinski definition) is 6. The first kappa shape index (κ1) is 20.4. The lowest BCUT2D eigenvalue weighted by molar-refractivity contribution is -0.134. The first-order valence-corrected chi connectivity index (χ1v) is 9.10. The maximum Gasteiger partial charge on any atom is 0.341 e.